The van der Waals surface area contributed by atoms with Gasteiger partial charge in [-0.05, 0) is 54.4 Å². The average Bonchev–Trinajstić information content (AvgIpc) is 2.76. The smallest absolute Gasteiger partial charge is 0.258 e. The summed E-state index contributed by atoms with van der Waals surface area (Å²) in [5, 5.41) is 18.5. The Morgan fingerprint density at radius 1 is 0.966 bits per heavy atom. The number of benzene rings is 3. The fourth-order valence-corrected chi connectivity index (χ4v) is 4.17. The standard InChI is InChI=1S/C23H20N4O2/c1-26-21-10-9-18(28)14-20(21)23(29)27-12-11-15-7-8-17(13-19(15)22(26)27)25-24-16-5-3-2-4-6-16/h2-10,13-14,22,28H,11-12H2,1H3. The van der Waals surface area contributed by atoms with E-state index in [9.17, 15) is 9.90 Å². The molecule has 2 aliphatic heterocycles. The second kappa shape index (κ2) is 6.74. The van der Waals surface area contributed by atoms with Gasteiger partial charge in [-0.2, -0.15) is 10.2 Å². The first-order chi connectivity index (χ1) is 14.1. The number of hydrogen-bond acceptors (Lipinski definition) is 5. The molecule has 3 aromatic rings. The van der Waals surface area contributed by atoms with E-state index in [0.717, 1.165) is 29.0 Å². The van der Waals surface area contributed by atoms with Gasteiger partial charge in [0, 0.05) is 19.2 Å². The lowest BCUT2D eigenvalue weighted by atomic mass is 9.92. The van der Waals surface area contributed by atoms with Gasteiger partial charge in [-0.25, -0.2) is 0 Å². The molecule has 0 spiro atoms. The lowest BCUT2D eigenvalue weighted by molar-refractivity contribution is 0.0638. The van der Waals surface area contributed by atoms with E-state index >= 15 is 0 Å². The molecular weight excluding hydrogens is 364 g/mol. The van der Waals surface area contributed by atoms with Crippen molar-refractivity contribution < 1.29 is 9.90 Å². The fourth-order valence-electron chi connectivity index (χ4n) is 4.17. The summed E-state index contributed by atoms with van der Waals surface area (Å²) in [5.74, 6) is 0.0472. The number of nitrogens with zero attached hydrogens (tertiary/aromatic N) is 4. The first kappa shape index (κ1) is 17.4. The SMILES string of the molecule is CN1c2ccc(O)cc2C(=O)N2CCc3ccc(N=Nc4ccccc4)cc3C21. The number of azo groups is 1. The Kier molecular flexibility index (Phi) is 4.05. The van der Waals surface area contributed by atoms with Crippen molar-refractivity contribution in [2.75, 3.05) is 18.5 Å². The summed E-state index contributed by atoms with van der Waals surface area (Å²) in [6.07, 6.45) is 0.588. The van der Waals surface area contributed by atoms with Gasteiger partial charge in [0.25, 0.3) is 5.91 Å². The summed E-state index contributed by atoms with van der Waals surface area (Å²) in [7, 11) is 1.98. The van der Waals surface area contributed by atoms with Gasteiger partial charge < -0.3 is 14.9 Å². The normalized spacial score (nSPS) is 17.8. The van der Waals surface area contributed by atoms with Gasteiger partial charge in [-0.15, -0.1) is 0 Å². The Morgan fingerprint density at radius 2 is 1.76 bits per heavy atom. The summed E-state index contributed by atoms with van der Waals surface area (Å²) in [4.78, 5) is 17.1. The zero-order valence-electron chi connectivity index (χ0n) is 16.0. The van der Waals surface area contributed by atoms with Gasteiger partial charge in [-0.3, -0.25) is 4.79 Å². The third-order valence-corrected chi connectivity index (χ3v) is 5.58. The molecule has 0 aromatic heterocycles. The number of fused-ring (bicyclic) bond motifs is 4. The largest absolute Gasteiger partial charge is 0.508 e. The van der Waals surface area contributed by atoms with Gasteiger partial charge in [-0.1, -0.05) is 24.3 Å². The minimum atomic E-state index is -0.199. The van der Waals surface area contributed by atoms with E-state index in [4.69, 9.17) is 0 Å². The van der Waals surface area contributed by atoms with Crippen molar-refractivity contribution in [3.05, 3.63) is 83.4 Å². The molecule has 0 fully saturated rings. The first-order valence-electron chi connectivity index (χ1n) is 9.58. The van der Waals surface area contributed by atoms with Crippen LogP contribution in [0.15, 0.2) is 77.0 Å². The Labute approximate surface area is 168 Å². The molecule has 0 saturated carbocycles. The van der Waals surface area contributed by atoms with Crippen LogP contribution < -0.4 is 4.90 Å². The second-order valence-electron chi connectivity index (χ2n) is 7.35. The summed E-state index contributed by atoms with van der Waals surface area (Å²) < 4.78 is 0. The maximum absolute atomic E-state index is 13.1. The van der Waals surface area contributed by atoms with Gasteiger partial charge in [0.15, 0.2) is 0 Å². The third kappa shape index (κ3) is 2.93. The molecule has 3 aromatic carbocycles. The van der Waals surface area contributed by atoms with Crippen LogP contribution in [0.1, 0.15) is 27.7 Å². The van der Waals surface area contributed by atoms with E-state index in [1.165, 1.54) is 5.56 Å². The summed E-state index contributed by atoms with van der Waals surface area (Å²) in [6, 6.07) is 20.6. The monoisotopic (exact) mass is 384 g/mol. The van der Waals surface area contributed by atoms with E-state index in [0.29, 0.717) is 12.1 Å². The lowest BCUT2D eigenvalue weighted by Crippen LogP contribution is -2.50. The van der Waals surface area contributed by atoms with E-state index in [2.05, 4.69) is 21.2 Å². The van der Waals surface area contributed by atoms with Crippen LogP contribution in [0.25, 0.3) is 0 Å². The zero-order chi connectivity index (χ0) is 20.0. The number of phenolic OH excluding ortho intramolecular Hbond substituents is 1. The number of hydrogen-bond donors (Lipinski definition) is 1. The minimum absolute atomic E-state index is 0.0547. The molecule has 0 radical (unpaired) electrons. The highest BCUT2D eigenvalue weighted by molar-refractivity contribution is 6.02. The van der Waals surface area contributed by atoms with Crippen molar-refractivity contribution in [3.63, 3.8) is 0 Å². The number of aromatic hydroxyl groups is 1. The number of phenols is 1. The Morgan fingerprint density at radius 3 is 2.59 bits per heavy atom. The molecule has 2 aliphatic rings. The average molecular weight is 384 g/mol. The molecule has 1 N–H and O–H groups in total. The van der Waals surface area contributed by atoms with Crippen molar-refractivity contribution in [2.24, 2.45) is 10.2 Å². The topological polar surface area (TPSA) is 68.5 Å². The minimum Gasteiger partial charge on any atom is -0.508 e. The van der Waals surface area contributed by atoms with Crippen LogP contribution in [-0.4, -0.2) is 29.5 Å². The highest BCUT2D eigenvalue weighted by Crippen LogP contribution is 2.43. The van der Waals surface area contributed by atoms with Crippen LogP contribution >= 0.6 is 0 Å². The van der Waals surface area contributed by atoms with Crippen molar-refractivity contribution >= 4 is 23.0 Å². The molecule has 29 heavy (non-hydrogen) atoms. The van der Waals surface area contributed by atoms with E-state index in [1.54, 1.807) is 18.2 Å². The molecule has 1 unspecified atom stereocenters. The van der Waals surface area contributed by atoms with Crippen molar-refractivity contribution in [2.45, 2.75) is 12.6 Å². The highest BCUT2D eigenvalue weighted by atomic mass is 16.3. The zero-order valence-corrected chi connectivity index (χ0v) is 16.0. The maximum Gasteiger partial charge on any atom is 0.258 e. The highest BCUT2D eigenvalue weighted by Gasteiger charge is 2.40. The molecule has 144 valence electrons. The first-order valence-corrected chi connectivity index (χ1v) is 9.58. The Hall–Kier alpha value is -3.67. The van der Waals surface area contributed by atoms with Gasteiger partial charge in [0.05, 0.1) is 22.6 Å². The number of carbonyl (C=O) groups is 1. The predicted molar refractivity (Wildman–Crippen MR) is 111 cm³/mol. The molecule has 0 aliphatic carbocycles. The molecule has 1 amide bonds. The molecule has 1 atom stereocenters. The Balaban J connectivity index is 1.55. The molecule has 0 bridgehead atoms. The molecule has 2 heterocycles. The predicted octanol–water partition coefficient (Wildman–Crippen LogP) is 4.95. The molecule has 0 saturated heterocycles. The van der Waals surface area contributed by atoms with E-state index in [1.807, 2.05) is 54.4 Å². The van der Waals surface area contributed by atoms with Crippen molar-refractivity contribution in [1.29, 1.82) is 0 Å². The van der Waals surface area contributed by atoms with Gasteiger partial charge in [0.1, 0.15) is 11.9 Å². The van der Waals surface area contributed by atoms with Crippen LogP contribution in [0, 0.1) is 0 Å². The fraction of sp³-hybridized carbons (Fsp3) is 0.174. The van der Waals surface area contributed by atoms with Crippen LogP contribution in [0.5, 0.6) is 5.75 Å². The molecule has 5 rings (SSSR count). The number of amides is 1. The third-order valence-electron chi connectivity index (χ3n) is 5.58. The number of anilines is 1. The molecule has 6 heteroatoms. The van der Waals surface area contributed by atoms with Gasteiger partial charge in [0.2, 0.25) is 0 Å². The second-order valence-corrected chi connectivity index (χ2v) is 7.35. The van der Waals surface area contributed by atoms with E-state index in [-0.39, 0.29) is 17.8 Å². The quantitative estimate of drug-likeness (QED) is 0.635. The maximum atomic E-state index is 13.1. The van der Waals surface area contributed by atoms with Crippen LogP contribution in [-0.2, 0) is 6.42 Å². The lowest BCUT2D eigenvalue weighted by Gasteiger charge is -2.47. The molecular formula is C23H20N4O2. The Bertz CT molecular complexity index is 1130. The summed E-state index contributed by atoms with van der Waals surface area (Å²) >= 11 is 0. The summed E-state index contributed by atoms with van der Waals surface area (Å²) in [6.45, 7) is 0.640. The number of carbonyl (C=O) groups excluding carboxylic acids is 1. The van der Waals surface area contributed by atoms with Gasteiger partial charge >= 0.3 is 0 Å². The van der Waals surface area contributed by atoms with E-state index < -0.39 is 0 Å². The van der Waals surface area contributed by atoms with Crippen molar-refractivity contribution in [3.8, 4) is 5.75 Å². The summed E-state index contributed by atoms with van der Waals surface area (Å²) in [5.41, 5.74) is 5.19. The van der Waals surface area contributed by atoms with Crippen LogP contribution in [0.3, 0.4) is 0 Å². The molecule has 6 nitrogen and oxygen atoms in total. The van der Waals surface area contributed by atoms with Crippen LogP contribution in [0.4, 0.5) is 17.1 Å². The number of rotatable bonds is 2. The van der Waals surface area contributed by atoms with Crippen molar-refractivity contribution in [1.82, 2.24) is 4.90 Å². The van der Waals surface area contributed by atoms with Crippen LogP contribution in [0.2, 0.25) is 0 Å².